The van der Waals surface area contributed by atoms with Gasteiger partial charge in [-0.15, -0.1) is 0 Å². The van der Waals surface area contributed by atoms with E-state index in [1.807, 2.05) is 31.2 Å². The second kappa shape index (κ2) is 7.23. The predicted molar refractivity (Wildman–Crippen MR) is 78.3 cm³/mol. The molecule has 2 aromatic rings. The van der Waals surface area contributed by atoms with Crippen molar-refractivity contribution in [1.82, 2.24) is 9.97 Å². The van der Waals surface area contributed by atoms with Crippen molar-refractivity contribution in [3.63, 3.8) is 0 Å². The van der Waals surface area contributed by atoms with Gasteiger partial charge in [0.25, 0.3) is 0 Å². The molecule has 0 atom stereocenters. The summed E-state index contributed by atoms with van der Waals surface area (Å²) < 4.78 is 10.0. The van der Waals surface area contributed by atoms with Crippen molar-refractivity contribution in [2.75, 3.05) is 19.0 Å². The van der Waals surface area contributed by atoms with E-state index >= 15 is 0 Å². The summed E-state index contributed by atoms with van der Waals surface area (Å²) in [5.74, 6) is 0.865. The van der Waals surface area contributed by atoms with Crippen molar-refractivity contribution in [3.05, 3.63) is 47.9 Å². The van der Waals surface area contributed by atoms with Gasteiger partial charge in [-0.3, -0.25) is 0 Å². The van der Waals surface area contributed by atoms with Gasteiger partial charge in [0.05, 0.1) is 13.7 Å². The van der Waals surface area contributed by atoms with Gasteiger partial charge in [0.15, 0.2) is 0 Å². The topological polar surface area (TPSA) is 73.3 Å². The number of ether oxygens (including phenoxy) is 2. The normalized spacial score (nSPS) is 10.0. The van der Waals surface area contributed by atoms with Crippen LogP contribution in [0.25, 0.3) is 0 Å². The lowest BCUT2D eigenvalue weighted by Gasteiger charge is -2.08. The Hall–Kier alpha value is -2.63. The van der Waals surface area contributed by atoms with E-state index in [4.69, 9.17) is 4.74 Å². The third-order valence-corrected chi connectivity index (χ3v) is 2.71. The Kier molecular flexibility index (Phi) is 5.09. The van der Waals surface area contributed by atoms with Gasteiger partial charge in [-0.2, -0.15) is 0 Å². The smallest absolute Gasteiger partial charge is 0.376 e. The van der Waals surface area contributed by atoms with Gasteiger partial charge in [0.1, 0.15) is 11.6 Å². The van der Waals surface area contributed by atoms with Gasteiger partial charge in [-0.1, -0.05) is 12.1 Å². The third-order valence-electron chi connectivity index (χ3n) is 2.71. The summed E-state index contributed by atoms with van der Waals surface area (Å²) in [5, 5.41) is 3.14. The molecule has 21 heavy (non-hydrogen) atoms. The first-order valence-corrected chi connectivity index (χ1v) is 6.60. The molecule has 0 spiro atoms. The average molecular weight is 287 g/mol. The molecule has 0 fully saturated rings. The average Bonchev–Trinajstić information content (AvgIpc) is 2.53. The van der Waals surface area contributed by atoms with Crippen LogP contribution in [-0.4, -0.2) is 29.7 Å². The molecule has 1 aromatic heterocycles. The Morgan fingerprint density at radius 1 is 1.33 bits per heavy atom. The Balaban J connectivity index is 2.02. The van der Waals surface area contributed by atoms with Gasteiger partial charge >= 0.3 is 5.97 Å². The molecule has 0 saturated heterocycles. The van der Waals surface area contributed by atoms with Crippen molar-refractivity contribution < 1.29 is 14.3 Å². The van der Waals surface area contributed by atoms with E-state index in [-0.39, 0.29) is 5.82 Å². The van der Waals surface area contributed by atoms with Crippen LogP contribution in [0.15, 0.2) is 36.5 Å². The van der Waals surface area contributed by atoms with Crippen LogP contribution in [0.2, 0.25) is 0 Å². The van der Waals surface area contributed by atoms with Crippen molar-refractivity contribution >= 4 is 11.8 Å². The number of esters is 1. The number of methoxy groups -OCH3 is 1. The zero-order valence-corrected chi connectivity index (χ0v) is 12.0. The van der Waals surface area contributed by atoms with Crippen molar-refractivity contribution in [3.8, 4) is 5.75 Å². The number of carbonyl (C=O) groups is 1. The quantitative estimate of drug-likeness (QED) is 0.822. The summed E-state index contributed by atoms with van der Waals surface area (Å²) in [6.07, 6.45) is 1.51. The number of rotatable bonds is 6. The molecule has 0 aliphatic carbocycles. The number of carbonyl (C=O) groups excluding carboxylic acids is 1. The van der Waals surface area contributed by atoms with Crippen LogP contribution in [0.3, 0.4) is 0 Å². The molecular weight excluding hydrogens is 270 g/mol. The molecule has 1 aromatic carbocycles. The molecule has 6 nitrogen and oxygen atoms in total. The maximum absolute atomic E-state index is 11.4. The highest BCUT2D eigenvalue weighted by atomic mass is 16.5. The molecule has 0 amide bonds. The molecule has 2 rings (SSSR count). The summed E-state index contributed by atoms with van der Waals surface area (Å²) >= 11 is 0. The maximum atomic E-state index is 11.4. The lowest BCUT2D eigenvalue weighted by atomic mass is 10.2. The van der Waals surface area contributed by atoms with Gasteiger partial charge < -0.3 is 14.8 Å². The second-order valence-electron chi connectivity index (χ2n) is 4.19. The molecule has 0 bridgehead atoms. The third kappa shape index (κ3) is 4.17. The molecule has 0 unspecified atom stereocenters. The van der Waals surface area contributed by atoms with Crippen LogP contribution in [0.1, 0.15) is 23.1 Å². The van der Waals surface area contributed by atoms with Crippen LogP contribution in [0.5, 0.6) is 5.75 Å². The van der Waals surface area contributed by atoms with Crippen LogP contribution >= 0.6 is 0 Å². The SMILES string of the molecule is CCOc1cccc(CNc2ccnc(C(=O)OC)n2)c1. The fourth-order valence-electron chi connectivity index (χ4n) is 1.75. The van der Waals surface area contributed by atoms with Crippen LogP contribution in [0.4, 0.5) is 5.82 Å². The minimum atomic E-state index is -0.558. The summed E-state index contributed by atoms with van der Waals surface area (Å²) in [6.45, 7) is 3.14. The number of nitrogens with one attached hydrogen (secondary N) is 1. The first-order chi connectivity index (χ1) is 10.2. The lowest BCUT2D eigenvalue weighted by molar-refractivity contribution is 0.0587. The van der Waals surface area contributed by atoms with Crippen molar-refractivity contribution in [2.45, 2.75) is 13.5 Å². The molecular formula is C15H17N3O3. The molecule has 0 aliphatic rings. The Morgan fingerprint density at radius 2 is 2.19 bits per heavy atom. The van der Waals surface area contributed by atoms with E-state index in [9.17, 15) is 4.79 Å². The monoisotopic (exact) mass is 287 g/mol. The Morgan fingerprint density at radius 3 is 2.95 bits per heavy atom. The number of anilines is 1. The molecule has 1 N–H and O–H groups in total. The van der Waals surface area contributed by atoms with Crippen LogP contribution < -0.4 is 10.1 Å². The summed E-state index contributed by atoms with van der Waals surface area (Å²) in [4.78, 5) is 19.3. The number of hydrogen-bond acceptors (Lipinski definition) is 6. The zero-order chi connectivity index (χ0) is 15.1. The fraction of sp³-hybridized carbons (Fsp3) is 0.267. The van der Waals surface area contributed by atoms with E-state index < -0.39 is 5.97 Å². The molecule has 6 heteroatoms. The van der Waals surface area contributed by atoms with E-state index in [0.29, 0.717) is 19.0 Å². The minimum Gasteiger partial charge on any atom is -0.494 e. The largest absolute Gasteiger partial charge is 0.494 e. The number of hydrogen-bond donors (Lipinski definition) is 1. The highest BCUT2D eigenvalue weighted by molar-refractivity contribution is 5.85. The number of nitrogens with zero attached hydrogens (tertiary/aromatic N) is 2. The van der Waals surface area contributed by atoms with Gasteiger partial charge in [-0.05, 0) is 30.7 Å². The minimum absolute atomic E-state index is 0.0329. The van der Waals surface area contributed by atoms with Gasteiger partial charge in [0.2, 0.25) is 5.82 Å². The molecule has 0 radical (unpaired) electrons. The number of aromatic nitrogens is 2. The fourth-order valence-corrected chi connectivity index (χ4v) is 1.75. The van der Waals surface area contributed by atoms with Crippen molar-refractivity contribution in [2.24, 2.45) is 0 Å². The van der Waals surface area contributed by atoms with E-state index in [0.717, 1.165) is 11.3 Å². The highest BCUT2D eigenvalue weighted by Crippen LogP contribution is 2.14. The zero-order valence-electron chi connectivity index (χ0n) is 12.0. The van der Waals surface area contributed by atoms with Crippen molar-refractivity contribution in [1.29, 1.82) is 0 Å². The second-order valence-corrected chi connectivity index (χ2v) is 4.19. The van der Waals surface area contributed by atoms with Crippen LogP contribution in [-0.2, 0) is 11.3 Å². The van der Waals surface area contributed by atoms with E-state index in [1.54, 1.807) is 6.07 Å². The molecule has 110 valence electrons. The van der Waals surface area contributed by atoms with Gasteiger partial charge in [0, 0.05) is 12.7 Å². The number of benzene rings is 1. The summed E-state index contributed by atoms with van der Waals surface area (Å²) in [7, 11) is 1.30. The van der Waals surface area contributed by atoms with Crippen LogP contribution in [0, 0.1) is 0 Å². The first-order valence-electron chi connectivity index (χ1n) is 6.60. The standard InChI is InChI=1S/C15H17N3O3/c1-3-21-12-6-4-5-11(9-12)10-17-13-7-8-16-14(18-13)15(19)20-2/h4-9H,3,10H2,1-2H3,(H,16,17,18). The summed E-state index contributed by atoms with van der Waals surface area (Å²) in [6, 6.07) is 9.48. The van der Waals surface area contributed by atoms with E-state index in [2.05, 4.69) is 20.0 Å². The highest BCUT2D eigenvalue weighted by Gasteiger charge is 2.09. The molecule has 0 saturated carbocycles. The van der Waals surface area contributed by atoms with E-state index in [1.165, 1.54) is 13.3 Å². The maximum Gasteiger partial charge on any atom is 0.376 e. The Bertz CT molecular complexity index is 617. The summed E-state index contributed by atoms with van der Waals surface area (Å²) in [5.41, 5.74) is 1.05. The van der Waals surface area contributed by atoms with Gasteiger partial charge in [-0.25, -0.2) is 14.8 Å². The molecule has 1 heterocycles. The lowest BCUT2D eigenvalue weighted by Crippen LogP contribution is -2.09. The first kappa shape index (κ1) is 14.8. The predicted octanol–water partition coefficient (Wildman–Crippen LogP) is 2.27. The molecule has 0 aliphatic heterocycles. The Labute approximate surface area is 123 Å².